The van der Waals surface area contributed by atoms with Crippen LogP contribution in [0, 0.1) is 5.82 Å². The maximum absolute atomic E-state index is 14.0. The van der Waals surface area contributed by atoms with Gasteiger partial charge in [0.1, 0.15) is 11.9 Å². The zero-order valence-electron chi connectivity index (χ0n) is 17.9. The Bertz CT molecular complexity index is 943. The van der Waals surface area contributed by atoms with Crippen molar-refractivity contribution >= 4 is 23.2 Å². The van der Waals surface area contributed by atoms with Crippen molar-refractivity contribution in [1.82, 2.24) is 10.2 Å². The van der Waals surface area contributed by atoms with Gasteiger partial charge in [-0.2, -0.15) is 0 Å². The van der Waals surface area contributed by atoms with E-state index in [0.717, 1.165) is 50.4 Å². The van der Waals surface area contributed by atoms with Gasteiger partial charge < -0.3 is 10.2 Å². The molecule has 0 radical (unpaired) electrons. The van der Waals surface area contributed by atoms with E-state index in [4.69, 9.17) is 0 Å². The summed E-state index contributed by atoms with van der Waals surface area (Å²) in [7, 11) is 0. The van der Waals surface area contributed by atoms with Crippen LogP contribution in [0.2, 0.25) is 0 Å². The van der Waals surface area contributed by atoms with E-state index in [1.165, 1.54) is 13.0 Å². The van der Waals surface area contributed by atoms with Crippen molar-refractivity contribution in [2.45, 2.75) is 25.8 Å². The number of benzene rings is 2. The molecule has 0 aliphatic carbocycles. The average Bonchev–Trinajstić information content (AvgIpc) is 3.17. The Morgan fingerprint density at radius 1 is 1.00 bits per heavy atom. The van der Waals surface area contributed by atoms with Gasteiger partial charge >= 0.3 is 0 Å². The minimum absolute atomic E-state index is 0.101. The molecule has 0 bridgehead atoms. The Labute approximate surface area is 182 Å². The standard InChI is InChI=1S/C24H29FN4O2/c1-18(30)29-21-9-4-2-7-19(21)17-23(29)24(31)26-11-6-12-27-13-15-28(16-14-27)22-10-5-3-8-20(22)25/h2-5,7-10,23H,6,11-17H2,1H3,(H,26,31)/t23-/m1/s1. The largest absolute Gasteiger partial charge is 0.367 e. The maximum Gasteiger partial charge on any atom is 0.243 e. The number of para-hydroxylation sites is 2. The minimum Gasteiger partial charge on any atom is -0.367 e. The molecule has 1 saturated heterocycles. The molecule has 31 heavy (non-hydrogen) atoms. The first kappa shape index (κ1) is 21.3. The molecule has 1 N–H and O–H groups in total. The second-order valence-electron chi connectivity index (χ2n) is 8.16. The Balaban J connectivity index is 1.21. The molecule has 0 saturated carbocycles. The molecule has 6 nitrogen and oxygen atoms in total. The highest BCUT2D eigenvalue weighted by Crippen LogP contribution is 2.32. The Hall–Kier alpha value is -2.93. The molecule has 164 valence electrons. The van der Waals surface area contributed by atoms with E-state index in [1.54, 1.807) is 11.0 Å². The number of hydrogen-bond donors (Lipinski definition) is 1. The van der Waals surface area contributed by atoms with E-state index in [1.807, 2.05) is 36.4 Å². The smallest absolute Gasteiger partial charge is 0.243 e. The highest BCUT2D eigenvalue weighted by molar-refractivity contribution is 6.02. The number of hydrogen-bond acceptors (Lipinski definition) is 4. The van der Waals surface area contributed by atoms with Crippen LogP contribution in [-0.4, -0.2) is 62.0 Å². The number of carbonyl (C=O) groups excluding carboxylic acids is 2. The molecule has 0 spiro atoms. The quantitative estimate of drug-likeness (QED) is 0.724. The van der Waals surface area contributed by atoms with Gasteiger partial charge in [-0.3, -0.25) is 19.4 Å². The Kier molecular flexibility index (Phi) is 6.51. The Morgan fingerprint density at radius 3 is 2.39 bits per heavy atom. The number of carbonyl (C=O) groups is 2. The number of nitrogens with one attached hydrogen (secondary N) is 1. The number of fused-ring (bicyclic) bond motifs is 1. The van der Waals surface area contributed by atoms with Crippen LogP contribution in [0.5, 0.6) is 0 Å². The monoisotopic (exact) mass is 424 g/mol. The molecule has 4 rings (SSSR count). The molecule has 1 atom stereocenters. The summed E-state index contributed by atoms with van der Waals surface area (Å²) in [5.41, 5.74) is 2.54. The third-order valence-corrected chi connectivity index (χ3v) is 6.13. The number of halogens is 1. The lowest BCUT2D eigenvalue weighted by atomic mass is 10.1. The zero-order chi connectivity index (χ0) is 21.8. The number of rotatable bonds is 6. The number of nitrogens with zero attached hydrogens (tertiary/aromatic N) is 3. The van der Waals surface area contributed by atoms with Gasteiger partial charge in [0.2, 0.25) is 11.8 Å². The summed E-state index contributed by atoms with van der Waals surface area (Å²) >= 11 is 0. The van der Waals surface area contributed by atoms with E-state index < -0.39 is 6.04 Å². The third kappa shape index (κ3) is 4.71. The van der Waals surface area contributed by atoms with Gasteiger partial charge in [0.15, 0.2) is 0 Å². The normalized spacial score (nSPS) is 18.7. The van der Waals surface area contributed by atoms with E-state index in [0.29, 0.717) is 18.7 Å². The first-order chi connectivity index (χ1) is 15.0. The van der Waals surface area contributed by atoms with Crippen LogP contribution in [0.25, 0.3) is 0 Å². The second-order valence-corrected chi connectivity index (χ2v) is 8.16. The van der Waals surface area contributed by atoms with Gasteiger partial charge in [0, 0.05) is 51.8 Å². The molecule has 1 fully saturated rings. The molecular formula is C24H29FN4O2. The fraction of sp³-hybridized carbons (Fsp3) is 0.417. The van der Waals surface area contributed by atoms with Crippen LogP contribution in [-0.2, 0) is 16.0 Å². The molecule has 2 aromatic rings. The highest BCUT2D eigenvalue weighted by atomic mass is 19.1. The summed E-state index contributed by atoms with van der Waals surface area (Å²) in [5.74, 6) is -0.388. The van der Waals surface area contributed by atoms with Crippen LogP contribution in [0.3, 0.4) is 0 Å². The lowest BCUT2D eigenvalue weighted by Crippen LogP contribution is -2.49. The molecule has 2 aliphatic rings. The number of anilines is 2. The van der Waals surface area contributed by atoms with Crippen LogP contribution in [0.15, 0.2) is 48.5 Å². The molecule has 2 amide bonds. The zero-order valence-corrected chi connectivity index (χ0v) is 17.9. The van der Waals surface area contributed by atoms with Crippen LogP contribution >= 0.6 is 0 Å². The number of piperazine rings is 1. The molecule has 2 aromatic carbocycles. The van der Waals surface area contributed by atoms with Crippen molar-refractivity contribution < 1.29 is 14.0 Å². The minimum atomic E-state index is -0.473. The lowest BCUT2D eigenvalue weighted by molar-refractivity contribution is -0.125. The summed E-state index contributed by atoms with van der Waals surface area (Å²) in [4.78, 5) is 30.9. The summed E-state index contributed by atoms with van der Waals surface area (Å²) < 4.78 is 14.0. The summed E-state index contributed by atoms with van der Waals surface area (Å²) in [6.45, 7) is 6.29. The van der Waals surface area contributed by atoms with Crippen molar-refractivity contribution in [3.8, 4) is 0 Å². The fourth-order valence-electron chi connectivity index (χ4n) is 4.54. The van der Waals surface area contributed by atoms with E-state index in [2.05, 4.69) is 15.1 Å². The summed E-state index contributed by atoms with van der Waals surface area (Å²) in [5, 5.41) is 3.01. The summed E-state index contributed by atoms with van der Waals surface area (Å²) in [6.07, 6.45) is 1.39. The van der Waals surface area contributed by atoms with E-state index >= 15 is 0 Å². The van der Waals surface area contributed by atoms with Gasteiger partial charge in [-0.05, 0) is 36.7 Å². The van der Waals surface area contributed by atoms with Crippen molar-refractivity contribution in [1.29, 1.82) is 0 Å². The van der Waals surface area contributed by atoms with Crippen molar-refractivity contribution in [2.24, 2.45) is 0 Å². The van der Waals surface area contributed by atoms with Crippen LogP contribution in [0.4, 0.5) is 15.8 Å². The third-order valence-electron chi connectivity index (χ3n) is 6.13. The van der Waals surface area contributed by atoms with Gasteiger partial charge in [-0.15, -0.1) is 0 Å². The fourth-order valence-corrected chi connectivity index (χ4v) is 4.54. The second kappa shape index (κ2) is 9.47. The molecule has 0 unspecified atom stereocenters. The molecule has 7 heteroatoms. The van der Waals surface area contributed by atoms with Gasteiger partial charge in [-0.1, -0.05) is 30.3 Å². The van der Waals surface area contributed by atoms with Crippen LogP contribution < -0.4 is 15.1 Å². The highest BCUT2D eigenvalue weighted by Gasteiger charge is 2.36. The first-order valence-electron chi connectivity index (χ1n) is 10.9. The van der Waals surface area contributed by atoms with Gasteiger partial charge in [-0.25, -0.2) is 4.39 Å². The SMILES string of the molecule is CC(=O)N1c2ccccc2C[C@@H]1C(=O)NCCCN1CCN(c2ccccc2F)CC1. The maximum atomic E-state index is 14.0. The topological polar surface area (TPSA) is 55.9 Å². The lowest BCUT2D eigenvalue weighted by Gasteiger charge is -2.36. The number of amides is 2. The van der Waals surface area contributed by atoms with E-state index in [-0.39, 0.29) is 17.6 Å². The van der Waals surface area contributed by atoms with Crippen molar-refractivity contribution in [2.75, 3.05) is 49.1 Å². The van der Waals surface area contributed by atoms with Gasteiger partial charge in [0.05, 0.1) is 5.69 Å². The first-order valence-corrected chi connectivity index (χ1v) is 10.9. The molecule has 2 heterocycles. The van der Waals surface area contributed by atoms with Crippen LogP contribution in [0.1, 0.15) is 18.9 Å². The predicted molar refractivity (Wildman–Crippen MR) is 120 cm³/mol. The van der Waals surface area contributed by atoms with E-state index in [9.17, 15) is 14.0 Å². The Morgan fingerprint density at radius 2 is 1.68 bits per heavy atom. The molecule has 0 aromatic heterocycles. The predicted octanol–water partition coefficient (Wildman–Crippen LogP) is 2.43. The average molecular weight is 425 g/mol. The molecular weight excluding hydrogens is 395 g/mol. The molecule has 2 aliphatic heterocycles. The van der Waals surface area contributed by atoms with Gasteiger partial charge in [0.25, 0.3) is 0 Å². The van der Waals surface area contributed by atoms with Crippen molar-refractivity contribution in [3.05, 3.63) is 59.9 Å². The van der Waals surface area contributed by atoms with Crippen molar-refractivity contribution in [3.63, 3.8) is 0 Å². The summed E-state index contributed by atoms with van der Waals surface area (Å²) in [6, 6.07) is 14.1.